The van der Waals surface area contributed by atoms with Crippen LogP contribution in [0, 0.1) is 10.8 Å². The third kappa shape index (κ3) is 5.17. The van der Waals surface area contributed by atoms with Gasteiger partial charge in [-0.2, -0.15) is 0 Å². The number of nitrogens with two attached hydrogens (primary N) is 1. The van der Waals surface area contributed by atoms with Crippen LogP contribution in [0.4, 0.5) is 0 Å². The van der Waals surface area contributed by atoms with Crippen LogP contribution in [0.2, 0.25) is 0 Å². The Balaban J connectivity index is 3.84. The molecule has 0 aliphatic rings. The summed E-state index contributed by atoms with van der Waals surface area (Å²) in [7, 11) is 2.16. The molecule has 0 heterocycles. The zero-order chi connectivity index (χ0) is 12.1. The van der Waals surface area contributed by atoms with Gasteiger partial charge in [0.2, 0.25) is 0 Å². The van der Waals surface area contributed by atoms with Crippen LogP contribution >= 0.6 is 0 Å². The lowest BCUT2D eigenvalue weighted by atomic mass is 9.86. The molecule has 0 aliphatic carbocycles. The van der Waals surface area contributed by atoms with E-state index < -0.39 is 0 Å². The number of hydrogen-bond acceptors (Lipinski definition) is 2. The van der Waals surface area contributed by atoms with Crippen LogP contribution in [0.3, 0.4) is 0 Å². The quantitative estimate of drug-likeness (QED) is 0.504. The van der Waals surface area contributed by atoms with E-state index in [1.807, 2.05) is 13.8 Å². The Hall–Kier alpha value is -0.570. The van der Waals surface area contributed by atoms with Crippen LogP contribution in [0.5, 0.6) is 0 Å². The smallest absolute Gasteiger partial charge is 0.0963 e. The van der Waals surface area contributed by atoms with E-state index in [2.05, 4.69) is 25.8 Å². The molecule has 3 N–H and O–H groups in total. The van der Waals surface area contributed by atoms with Crippen LogP contribution in [0.25, 0.3) is 0 Å². The van der Waals surface area contributed by atoms with Crippen LogP contribution in [0.1, 0.15) is 47.0 Å². The van der Waals surface area contributed by atoms with E-state index in [9.17, 15) is 0 Å². The Bertz CT molecular complexity index is 199. The summed E-state index contributed by atoms with van der Waals surface area (Å²) in [6.45, 7) is 9.62. The number of nitrogens with zero attached hydrogens (tertiary/aromatic N) is 1. The molecule has 0 rings (SSSR count). The first kappa shape index (κ1) is 14.4. The number of amidine groups is 1. The Morgan fingerprint density at radius 1 is 1.47 bits per heavy atom. The topological polar surface area (TPSA) is 53.1 Å². The highest BCUT2D eigenvalue weighted by atomic mass is 15.1. The third-order valence-electron chi connectivity index (χ3n) is 3.38. The molecule has 0 bridgehead atoms. The molecule has 0 saturated heterocycles. The predicted octanol–water partition coefficient (Wildman–Crippen LogP) is 2.46. The zero-order valence-corrected chi connectivity index (χ0v) is 10.9. The molecule has 3 heteroatoms. The van der Waals surface area contributed by atoms with Crippen molar-refractivity contribution in [1.29, 1.82) is 5.41 Å². The summed E-state index contributed by atoms with van der Waals surface area (Å²) in [5, 5.41) is 7.47. The molecular weight excluding hydrogens is 186 g/mol. The second-order valence-electron chi connectivity index (χ2n) is 5.14. The lowest BCUT2D eigenvalue weighted by molar-refractivity contribution is 0.238. The molecule has 1 atom stereocenters. The SMILES string of the molecule is CCC(C)N(C)CCCC(C)(C)C(=N)N. The van der Waals surface area contributed by atoms with Crippen molar-refractivity contribution < 1.29 is 0 Å². The minimum Gasteiger partial charge on any atom is -0.387 e. The number of hydrogen-bond donors (Lipinski definition) is 2. The lowest BCUT2D eigenvalue weighted by Gasteiger charge is -2.27. The molecule has 0 aliphatic heterocycles. The highest BCUT2D eigenvalue weighted by molar-refractivity contribution is 5.82. The van der Waals surface area contributed by atoms with Gasteiger partial charge in [-0.25, -0.2) is 0 Å². The summed E-state index contributed by atoms with van der Waals surface area (Å²) >= 11 is 0. The van der Waals surface area contributed by atoms with Crippen molar-refractivity contribution in [3.05, 3.63) is 0 Å². The van der Waals surface area contributed by atoms with Crippen molar-refractivity contribution >= 4 is 5.84 Å². The minimum atomic E-state index is -0.143. The number of nitrogens with one attached hydrogen (secondary N) is 1. The van der Waals surface area contributed by atoms with E-state index in [-0.39, 0.29) is 5.41 Å². The van der Waals surface area contributed by atoms with Crippen molar-refractivity contribution in [3.8, 4) is 0 Å². The fraction of sp³-hybridized carbons (Fsp3) is 0.917. The van der Waals surface area contributed by atoms with E-state index in [1.165, 1.54) is 6.42 Å². The monoisotopic (exact) mass is 213 g/mol. The summed E-state index contributed by atoms with van der Waals surface area (Å²) in [5.41, 5.74) is 5.40. The summed E-state index contributed by atoms with van der Waals surface area (Å²) in [6, 6.07) is 0.644. The highest BCUT2D eigenvalue weighted by Crippen LogP contribution is 2.21. The second kappa shape index (κ2) is 6.11. The molecule has 0 saturated carbocycles. The van der Waals surface area contributed by atoms with Crippen molar-refractivity contribution in [1.82, 2.24) is 4.90 Å². The van der Waals surface area contributed by atoms with E-state index in [4.69, 9.17) is 11.1 Å². The highest BCUT2D eigenvalue weighted by Gasteiger charge is 2.21. The Morgan fingerprint density at radius 3 is 2.40 bits per heavy atom. The average Bonchev–Trinajstić information content (AvgIpc) is 2.15. The van der Waals surface area contributed by atoms with Gasteiger partial charge in [0.15, 0.2) is 0 Å². The van der Waals surface area contributed by atoms with E-state index in [1.54, 1.807) is 0 Å². The first-order chi connectivity index (χ1) is 6.81. The van der Waals surface area contributed by atoms with Gasteiger partial charge in [0.25, 0.3) is 0 Å². The van der Waals surface area contributed by atoms with Gasteiger partial charge >= 0.3 is 0 Å². The summed E-state index contributed by atoms with van der Waals surface area (Å²) < 4.78 is 0. The molecule has 0 aromatic carbocycles. The molecule has 0 amide bonds. The van der Waals surface area contributed by atoms with Gasteiger partial charge < -0.3 is 10.6 Å². The van der Waals surface area contributed by atoms with Crippen molar-refractivity contribution in [2.24, 2.45) is 11.1 Å². The maximum atomic E-state index is 7.47. The first-order valence-corrected chi connectivity index (χ1v) is 5.86. The molecule has 1 unspecified atom stereocenters. The van der Waals surface area contributed by atoms with Crippen LogP contribution in [-0.2, 0) is 0 Å². The molecule has 0 aromatic heterocycles. The minimum absolute atomic E-state index is 0.143. The number of rotatable bonds is 7. The van der Waals surface area contributed by atoms with Gasteiger partial charge in [-0.3, -0.25) is 5.41 Å². The van der Waals surface area contributed by atoms with Gasteiger partial charge in [0, 0.05) is 11.5 Å². The summed E-state index contributed by atoms with van der Waals surface area (Å²) in [6.07, 6.45) is 3.28. The zero-order valence-electron chi connectivity index (χ0n) is 10.9. The first-order valence-electron chi connectivity index (χ1n) is 5.86. The van der Waals surface area contributed by atoms with Gasteiger partial charge in [0.1, 0.15) is 0 Å². The van der Waals surface area contributed by atoms with Gasteiger partial charge in [0.05, 0.1) is 5.84 Å². The fourth-order valence-electron chi connectivity index (χ4n) is 1.44. The molecule has 15 heavy (non-hydrogen) atoms. The van der Waals surface area contributed by atoms with Crippen LogP contribution in [0.15, 0.2) is 0 Å². The van der Waals surface area contributed by atoms with E-state index in [0.29, 0.717) is 11.9 Å². The standard InChI is InChI=1S/C12H27N3/c1-6-10(2)15(5)9-7-8-12(3,4)11(13)14/h10H,6-9H2,1-5H3,(H3,13,14). The maximum absolute atomic E-state index is 7.47. The Labute approximate surface area is 94.5 Å². The van der Waals surface area contributed by atoms with Crippen molar-refractivity contribution in [2.45, 2.75) is 53.0 Å². The van der Waals surface area contributed by atoms with E-state index >= 15 is 0 Å². The largest absolute Gasteiger partial charge is 0.387 e. The Morgan fingerprint density at radius 2 is 2.00 bits per heavy atom. The summed E-state index contributed by atoms with van der Waals surface area (Å²) in [5.74, 6) is 0.300. The lowest BCUT2D eigenvalue weighted by Crippen LogP contribution is -2.33. The predicted molar refractivity (Wildman–Crippen MR) is 67.3 cm³/mol. The molecule has 3 nitrogen and oxygen atoms in total. The third-order valence-corrected chi connectivity index (χ3v) is 3.38. The average molecular weight is 213 g/mol. The maximum Gasteiger partial charge on any atom is 0.0963 e. The normalized spacial score (nSPS) is 14.3. The molecule has 0 fully saturated rings. The van der Waals surface area contributed by atoms with Gasteiger partial charge in [-0.1, -0.05) is 20.8 Å². The molecule has 0 aromatic rings. The molecule has 0 radical (unpaired) electrons. The van der Waals surface area contributed by atoms with Gasteiger partial charge in [-0.05, 0) is 39.8 Å². The molecular formula is C12H27N3. The van der Waals surface area contributed by atoms with Gasteiger partial charge in [-0.15, -0.1) is 0 Å². The molecule has 90 valence electrons. The molecule has 0 spiro atoms. The Kier molecular flexibility index (Phi) is 5.88. The van der Waals surface area contributed by atoms with Crippen LogP contribution < -0.4 is 5.73 Å². The van der Waals surface area contributed by atoms with Crippen molar-refractivity contribution in [3.63, 3.8) is 0 Å². The summed E-state index contributed by atoms with van der Waals surface area (Å²) in [4.78, 5) is 2.37. The van der Waals surface area contributed by atoms with Crippen LogP contribution in [-0.4, -0.2) is 30.4 Å². The fourth-order valence-corrected chi connectivity index (χ4v) is 1.44. The van der Waals surface area contributed by atoms with E-state index in [0.717, 1.165) is 19.4 Å². The van der Waals surface area contributed by atoms with Crippen molar-refractivity contribution in [2.75, 3.05) is 13.6 Å². The second-order valence-corrected chi connectivity index (χ2v) is 5.14.